The van der Waals surface area contributed by atoms with Crippen LogP contribution in [-0.2, 0) is 12.8 Å². The summed E-state index contributed by atoms with van der Waals surface area (Å²) in [4.78, 5) is 0. The normalized spacial score (nSPS) is 10.5. The molecule has 0 saturated carbocycles. The Balaban J connectivity index is 2.00. The highest BCUT2D eigenvalue weighted by atomic mass is 16.5. The van der Waals surface area contributed by atoms with Gasteiger partial charge in [-0.25, -0.2) is 0 Å². The second-order valence-electron chi connectivity index (χ2n) is 3.97. The summed E-state index contributed by atoms with van der Waals surface area (Å²) in [7, 11) is 1.66. The Morgan fingerprint density at radius 2 is 1.94 bits per heavy atom. The summed E-state index contributed by atoms with van der Waals surface area (Å²) in [6.07, 6.45) is 1.75. The number of anilines is 1. The summed E-state index contributed by atoms with van der Waals surface area (Å²) in [6, 6.07) is 8.02. The average Bonchev–Trinajstić information content (AvgIpc) is 2.68. The standard InChI is InChI=1S/C13H16N2O2/c1-9-12(15-17-13(9)14)8-5-10-3-6-11(16-2)7-4-10/h3-4,6-7H,5,8,14H2,1-2H3. The van der Waals surface area contributed by atoms with Gasteiger partial charge < -0.3 is 15.0 Å². The van der Waals surface area contributed by atoms with Crippen molar-refractivity contribution in [2.45, 2.75) is 19.8 Å². The molecule has 2 rings (SSSR count). The molecule has 4 heteroatoms. The fourth-order valence-corrected chi connectivity index (χ4v) is 1.67. The molecule has 90 valence electrons. The largest absolute Gasteiger partial charge is 0.497 e. The van der Waals surface area contributed by atoms with Gasteiger partial charge in [-0.1, -0.05) is 17.3 Å². The molecule has 0 fully saturated rings. The number of ether oxygens (including phenoxy) is 1. The van der Waals surface area contributed by atoms with E-state index in [1.807, 2.05) is 19.1 Å². The van der Waals surface area contributed by atoms with E-state index in [4.69, 9.17) is 15.0 Å². The number of methoxy groups -OCH3 is 1. The van der Waals surface area contributed by atoms with Gasteiger partial charge in [0.1, 0.15) is 5.75 Å². The highest BCUT2D eigenvalue weighted by Gasteiger charge is 2.08. The molecule has 0 aliphatic heterocycles. The zero-order valence-electron chi connectivity index (χ0n) is 10.1. The Labute approximate surface area is 100 Å². The summed E-state index contributed by atoms with van der Waals surface area (Å²) in [5, 5.41) is 3.94. The summed E-state index contributed by atoms with van der Waals surface area (Å²) < 4.78 is 10.0. The molecule has 0 unspecified atom stereocenters. The second kappa shape index (κ2) is 4.91. The lowest BCUT2D eigenvalue weighted by Crippen LogP contribution is -1.94. The van der Waals surface area contributed by atoms with Crippen molar-refractivity contribution >= 4 is 5.88 Å². The third-order valence-electron chi connectivity index (χ3n) is 2.87. The van der Waals surface area contributed by atoms with Crippen molar-refractivity contribution in [3.05, 3.63) is 41.1 Å². The van der Waals surface area contributed by atoms with Crippen molar-refractivity contribution in [1.29, 1.82) is 0 Å². The molecule has 0 amide bonds. The predicted octanol–water partition coefficient (Wildman–Crippen LogP) is 2.36. The zero-order valence-corrected chi connectivity index (χ0v) is 10.1. The summed E-state index contributed by atoms with van der Waals surface area (Å²) in [5.74, 6) is 1.28. The van der Waals surface area contributed by atoms with Gasteiger partial charge in [0.05, 0.1) is 12.8 Å². The number of nitrogens with two attached hydrogens (primary N) is 1. The first kappa shape index (κ1) is 11.5. The average molecular weight is 232 g/mol. The van der Waals surface area contributed by atoms with Crippen molar-refractivity contribution in [1.82, 2.24) is 5.16 Å². The Morgan fingerprint density at radius 3 is 2.47 bits per heavy atom. The number of nitrogens with zero attached hydrogens (tertiary/aromatic N) is 1. The van der Waals surface area contributed by atoms with Crippen LogP contribution in [-0.4, -0.2) is 12.3 Å². The highest BCUT2D eigenvalue weighted by Crippen LogP contribution is 2.17. The molecule has 0 saturated heterocycles. The molecule has 0 bridgehead atoms. The molecular formula is C13H16N2O2. The molecule has 0 atom stereocenters. The van der Waals surface area contributed by atoms with Gasteiger partial charge >= 0.3 is 0 Å². The Bertz CT molecular complexity index is 489. The van der Waals surface area contributed by atoms with E-state index in [0.29, 0.717) is 5.88 Å². The van der Waals surface area contributed by atoms with Gasteiger partial charge in [-0.3, -0.25) is 0 Å². The topological polar surface area (TPSA) is 61.3 Å². The highest BCUT2D eigenvalue weighted by molar-refractivity contribution is 5.37. The Hall–Kier alpha value is -1.97. The van der Waals surface area contributed by atoms with E-state index in [1.165, 1.54) is 5.56 Å². The second-order valence-corrected chi connectivity index (χ2v) is 3.97. The van der Waals surface area contributed by atoms with Crippen LogP contribution in [0.25, 0.3) is 0 Å². The van der Waals surface area contributed by atoms with Crippen LogP contribution in [0.5, 0.6) is 5.75 Å². The molecule has 4 nitrogen and oxygen atoms in total. The van der Waals surface area contributed by atoms with Gasteiger partial charge in [-0.05, 0) is 37.5 Å². The van der Waals surface area contributed by atoms with Gasteiger partial charge in [0.25, 0.3) is 0 Å². The maximum Gasteiger partial charge on any atom is 0.225 e. The van der Waals surface area contributed by atoms with Gasteiger partial charge in [0.15, 0.2) is 0 Å². The summed E-state index contributed by atoms with van der Waals surface area (Å²) in [5.41, 5.74) is 8.72. The van der Waals surface area contributed by atoms with Crippen LogP contribution in [0, 0.1) is 6.92 Å². The van der Waals surface area contributed by atoms with Gasteiger partial charge in [0.2, 0.25) is 5.88 Å². The van der Waals surface area contributed by atoms with E-state index in [-0.39, 0.29) is 0 Å². The van der Waals surface area contributed by atoms with Crippen molar-refractivity contribution in [2.75, 3.05) is 12.8 Å². The van der Waals surface area contributed by atoms with Crippen LogP contribution in [0.4, 0.5) is 5.88 Å². The van der Waals surface area contributed by atoms with Crippen molar-refractivity contribution < 1.29 is 9.26 Å². The zero-order chi connectivity index (χ0) is 12.3. The molecular weight excluding hydrogens is 216 g/mol. The molecule has 1 heterocycles. The van der Waals surface area contributed by atoms with Crippen molar-refractivity contribution in [3.63, 3.8) is 0 Å². The number of aryl methyl sites for hydroxylation is 2. The lowest BCUT2D eigenvalue weighted by atomic mass is 10.1. The van der Waals surface area contributed by atoms with E-state index in [9.17, 15) is 0 Å². The minimum absolute atomic E-state index is 0.412. The molecule has 2 aromatic rings. The smallest absolute Gasteiger partial charge is 0.225 e. The lowest BCUT2D eigenvalue weighted by molar-refractivity contribution is 0.414. The predicted molar refractivity (Wildman–Crippen MR) is 66.1 cm³/mol. The first-order valence-corrected chi connectivity index (χ1v) is 5.54. The van der Waals surface area contributed by atoms with E-state index in [0.717, 1.165) is 29.8 Å². The van der Waals surface area contributed by atoms with E-state index >= 15 is 0 Å². The Morgan fingerprint density at radius 1 is 1.24 bits per heavy atom. The molecule has 0 aliphatic carbocycles. The lowest BCUT2D eigenvalue weighted by Gasteiger charge is -2.02. The van der Waals surface area contributed by atoms with E-state index < -0.39 is 0 Å². The summed E-state index contributed by atoms with van der Waals surface area (Å²) >= 11 is 0. The van der Waals surface area contributed by atoms with Crippen LogP contribution in [0.1, 0.15) is 16.8 Å². The molecule has 1 aromatic carbocycles. The molecule has 0 spiro atoms. The van der Waals surface area contributed by atoms with Crippen LogP contribution in [0.2, 0.25) is 0 Å². The van der Waals surface area contributed by atoms with Crippen LogP contribution in [0.3, 0.4) is 0 Å². The molecule has 2 N–H and O–H groups in total. The molecule has 1 aromatic heterocycles. The van der Waals surface area contributed by atoms with E-state index in [2.05, 4.69) is 17.3 Å². The SMILES string of the molecule is COc1ccc(CCc2noc(N)c2C)cc1. The quantitative estimate of drug-likeness (QED) is 0.879. The van der Waals surface area contributed by atoms with E-state index in [1.54, 1.807) is 7.11 Å². The maximum atomic E-state index is 5.60. The number of nitrogen functional groups attached to an aromatic ring is 1. The maximum absolute atomic E-state index is 5.60. The first-order valence-electron chi connectivity index (χ1n) is 5.54. The Kier molecular flexibility index (Phi) is 3.32. The number of hydrogen-bond donors (Lipinski definition) is 1. The van der Waals surface area contributed by atoms with Crippen LogP contribution >= 0.6 is 0 Å². The molecule has 17 heavy (non-hydrogen) atoms. The minimum atomic E-state index is 0.412. The molecule has 0 aliphatic rings. The fraction of sp³-hybridized carbons (Fsp3) is 0.308. The number of hydrogen-bond acceptors (Lipinski definition) is 4. The third-order valence-corrected chi connectivity index (χ3v) is 2.87. The monoisotopic (exact) mass is 232 g/mol. The van der Waals surface area contributed by atoms with Crippen molar-refractivity contribution in [3.8, 4) is 5.75 Å². The minimum Gasteiger partial charge on any atom is -0.497 e. The van der Waals surface area contributed by atoms with Crippen LogP contribution in [0.15, 0.2) is 28.8 Å². The van der Waals surface area contributed by atoms with Gasteiger partial charge in [-0.2, -0.15) is 0 Å². The summed E-state index contributed by atoms with van der Waals surface area (Å²) in [6.45, 7) is 1.93. The number of aromatic nitrogens is 1. The number of benzene rings is 1. The van der Waals surface area contributed by atoms with Gasteiger partial charge in [0, 0.05) is 5.56 Å². The third kappa shape index (κ3) is 2.58. The number of rotatable bonds is 4. The van der Waals surface area contributed by atoms with Crippen LogP contribution < -0.4 is 10.5 Å². The van der Waals surface area contributed by atoms with Gasteiger partial charge in [-0.15, -0.1) is 0 Å². The first-order chi connectivity index (χ1) is 8.20. The fourth-order valence-electron chi connectivity index (χ4n) is 1.67. The molecule has 0 radical (unpaired) electrons. The van der Waals surface area contributed by atoms with Crippen molar-refractivity contribution in [2.24, 2.45) is 0 Å².